The molecule has 1 N–H and O–H groups in total. The summed E-state index contributed by atoms with van der Waals surface area (Å²) in [5.74, 6) is -0.285. The van der Waals surface area contributed by atoms with Crippen LogP contribution in [0.2, 0.25) is 10.0 Å². The summed E-state index contributed by atoms with van der Waals surface area (Å²) in [6.07, 6.45) is 1.40. The van der Waals surface area contributed by atoms with Crippen LogP contribution in [-0.2, 0) is 14.3 Å². The Hall–Kier alpha value is -1.50. The number of carbonyl (C=O) groups is 2. The molecule has 2 rings (SSSR count). The van der Waals surface area contributed by atoms with Crippen LogP contribution < -0.4 is 5.32 Å². The number of nitrogens with one attached hydrogen (secondary N) is 1. The van der Waals surface area contributed by atoms with Gasteiger partial charge in [0.1, 0.15) is 5.60 Å². The lowest BCUT2D eigenvalue weighted by Gasteiger charge is -2.35. The van der Waals surface area contributed by atoms with E-state index in [4.69, 9.17) is 32.7 Å². The van der Waals surface area contributed by atoms with Crippen molar-refractivity contribution in [2.75, 3.05) is 19.7 Å². The van der Waals surface area contributed by atoms with Crippen LogP contribution in [0.25, 0.3) is 0 Å². The van der Waals surface area contributed by atoms with E-state index in [1.807, 2.05) is 20.8 Å². The molecule has 1 aliphatic rings. The van der Waals surface area contributed by atoms with Crippen molar-refractivity contribution >= 4 is 35.3 Å². The summed E-state index contributed by atoms with van der Waals surface area (Å²) in [6.45, 7) is 8.86. The Labute approximate surface area is 182 Å². The van der Waals surface area contributed by atoms with Gasteiger partial charge in [0, 0.05) is 35.2 Å². The van der Waals surface area contributed by atoms with Gasteiger partial charge in [0.2, 0.25) is 0 Å². The number of hydrogen-bond acceptors (Lipinski definition) is 5. The molecule has 8 heteroatoms. The molecule has 162 valence electrons. The third-order valence-electron chi connectivity index (χ3n) is 4.55. The molecule has 0 radical (unpaired) electrons. The molecule has 1 amide bonds. The van der Waals surface area contributed by atoms with E-state index in [2.05, 4.69) is 5.32 Å². The molecule has 0 aromatic heterocycles. The summed E-state index contributed by atoms with van der Waals surface area (Å²) in [5, 5.41) is 4.56. The fourth-order valence-corrected chi connectivity index (χ4v) is 3.82. The van der Waals surface area contributed by atoms with Crippen LogP contribution in [0.3, 0.4) is 0 Å². The third-order valence-corrected chi connectivity index (χ3v) is 4.98. The standard InChI is InChI=1S/C21H30Cl2N2O4/c1-5-28-19(26)13-18(14-10-15(22)12-16(23)11-14)24-17-6-8-25(9-7-17)20(27)29-21(2,3)4/h10-12,17-18,24H,5-9,13H2,1-4H3/t18-/m0/s1. The second kappa shape index (κ2) is 10.5. The van der Waals surface area contributed by atoms with Crippen molar-refractivity contribution in [1.29, 1.82) is 0 Å². The summed E-state index contributed by atoms with van der Waals surface area (Å²) < 4.78 is 10.6. The van der Waals surface area contributed by atoms with E-state index in [1.165, 1.54) is 0 Å². The van der Waals surface area contributed by atoms with Gasteiger partial charge in [-0.05, 0) is 64.3 Å². The zero-order valence-electron chi connectivity index (χ0n) is 17.5. The Morgan fingerprint density at radius 1 is 1.17 bits per heavy atom. The van der Waals surface area contributed by atoms with Gasteiger partial charge in [-0.3, -0.25) is 4.79 Å². The van der Waals surface area contributed by atoms with E-state index in [1.54, 1.807) is 30.0 Å². The molecule has 29 heavy (non-hydrogen) atoms. The monoisotopic (exact) mass is 444 g/mol. The predicted molar refractivity (Wildman–Crippen MR) is 114 cm³/mol. The summed E-state index contributed by atoms with van der Waals surface area (Å²) in [4.78, 5) is 26.1. The molecule has 1 aromatic rings. The summed E-state index contributed by atoms with van der Waals surface area (Å²) >= 11 is 12.3. The Morgan fingerprint density at radius 2 is 1.76 bits per heavy atom. The highest BCUT2D eigenvalue weighted by atomic mass is 35.5. The number of benzene rings is 1. The van der Waals surface area contributed by atoms with E-state index in [9.17, 15) is 9.59 Å². The largest absolute Gasteiger partial charge is 0.466 e. The molecule has 0 saturated carbocycles. The number of esters is 1. The van der Waals surface area contributed by atoms with Gasteiger partial charge < -0.3 is 19.7 Å². The maximum Gasteiger partial charge on any atom is 0.410 e. The number of rotatable bonds is 6. The molecule has 1 aromatic carbocycles. The number of likely N-dealkylation sites (tertiary alicyclic amines) is 1. The quantitative estimate of drug-likeness (QED) is 0.626. The molecular formula is C21H30Cl2N2O4. The highest BCUT2D eigenvalue weighted by Crippen LogP contribution is 2.27. The fourth-order valence-electron chi connectivity index (χ4n) is 3.28. The molecule has 0 unspecified atom stereocenters. The van der Waals surface area contributed by atoms with Crippen LogP contribution >= 0.6 is 23.2 Å². The first-order chi connectivity index (χ1) is 13.6. The Bertz CT molecular complexity index is 693. The van der Waals surface area contributed by atoms with Crippen molar-refractivity contribution < 1.29 is 19.1 Å². The van der Waals surface area contributed by atoms with Gasteiger partial charge in [-0.15, -0.1) is 0 Å². The number of carbonyl (C=O) groups excluding carboxylic acids is 2. The molecule has 0 aliphatic carbocycles. The first-order valence-electron chi connectivity index (χ1n) is 9.93. The highest BCUT2D eigenvalue weighted by Gasteiger charge is 2.29. The molecule has 1 atom stereocenters. The normalized spacial score (nSPS) is 16.4. The van der Waals surface area contributed by atoms with Crippen molar-refractivity contribution in [2.45, 2.75) is 64.6 Å². The van der Waals surface area contributed by atoms with Crippen LogP contribution in [0.4, 0.5) is 4.79 Å². The van der Waals surface area contributed by atoms with E-state index in [0.29, 0.717) is 29.7 Å². The molecular weight excluding hydrogens is 415 g/mol. The van der Waals surface area contributed by atoms with Crippen LogP contribution in [0.15, 0.2) is 18.2 Å². The molecule has 6 nitrogen and oxygen atoms in total. The minimum absolute atomic E-state index is 0.144. The summed E-state index contributed by atoms with van der Waals surface area (Å²) in [5.41, 5.74) is 0.327. The van der Waals surface area contributed by atoms with Crippen molar-refractivity contribution in [2.24, 2.45) is 0 Å². The molecule has 1 heterocycles. The second-order valence-corrected chi connectivity index (χ2v) is 9.05. The van der Waals surface area contributed by atoms with E-state index >= 15 is 0 Å². The number of nitrogens with zero attached hydrogens (tertiary/aromatic N) is 1. The van der Waals surface area contributed by atoms with E-state index in [0.717, 1.165) is 18.4 Å². The van der Waals surface area contributed by atoms with Gasteiger partial charge in [0.25, 0.3) is 0 Å². The predicted octanol–water partition coefficient (Wildman–Crippen LogP) is 4.98. The second-order valence-electron chi connectivity index (χ2n) is 8.17. The number of hydrogen-bond donors (Lipinski definition) is 1. The van der Waals surface area contributed by atoms with E-state index in [-0.39, 0.29) is 30.6 Å². The minimum atomic E-state index is -0.511. The number of ether oxygens (including phenoxy) is 2. The first kappa shape index (κ1) is 23.8. The lowest BCUT2D eigenvalue weighted by atomic mass is 9.99. The van der Waals surface area contributed by atoms with Crippen LogP contribution in [0.1, 0.15) is 58.6 Å². The third kappa shape index (κ3) is 8.03. The zero-order valence-corrected chi connectivity index (χ0v) is 19.0. The molecule has 1 fully saturated rings. The summed E-state index contributed by atoms with van der Waals surface area (Å²) in [7, 11) is 0. The van der Waals surface area contributed by atoms with Crippen molar-refractivity contribution in [3.05, 3.63) is 33.8 Å². The summed E-state index contributed by atoms with van der Waals surface area (Å²) in [6, 6.07) is 5.14. The molecule has 0 spiro atoms. The number of piperidine rings is 1. The lowest BCUT2D eigenvalue weighted by molar-refractivity contribution is -0.143. The SMILES string of the molecule is CCOC(=O)C[C@H](NC1CCN(C(=O)OC(C)(C)C)CC1)c1cc(Cl)cc(Cl)c1. The maximum absolute atomic E-state index is 12.2. The van der Waals surface area contributed by atoms with Gasteiger partial charge >= 0.3 is 12.1 Å². The van der Waals surface area contributed by atoms with Crippen molar-refractivity contribution in [1.82, 2.24) is 10.2 Å². The van der Waals surface area contributed by atoms with Crippen LogP contribution in [-0.4, -0.2) is 48.3 Å². The maximum atomic E-state index is 12.2. The number of amides is 1. The molecule has 1 saturated heterocycles. The zero-order chi connectivity index (χ0) is 21.6. The smallest absolute Gasteiger partial charge is 0.410 e. The van der Waals surface area contributed by atoms with Crippen LogP contribution in [0, 0.1) is 0 Å². The van der Waals surface area contributed by atoms with Gasteiger partial charge in [-0.1, -0.05) is 23.2 Å². The molecule has 0 bridgehead atoms. The van der Waals surface area contributed by atoms with Crippen molar-refractivity contribution in [3.63, 3.8) is 0 Å². The number of halogens is 2. The molecule has 1 aliphatic heterocycles. The first-order valence-corrected chi connectivity index (χ1v) is 10.7. The van der Waals surface area contributed by atoms with Crippen molar-refractivity contribution in [3.8, 4) is 0 Å². The van der Waals surface area contributed by atoms with E-state index < -0.39 is 5.60 Å². The lowest BCUT2D eigenvalue weighted by Crippen LogP contribution is -2.47. The average Bonchev–Trinajstić information content (AvgIpc) is 2.59. The minimum Gasteiger partial charge on any atom is -0.466 e. The highest BCUT2D eigenvalue weighted by molar-refractivity contribution is 6.34. The Kier molecular flexibility index (Phi) is 8.61. The topological polar surface area (TPSA) is 67.9 Å². The van der Waals surface area contributed by atoms with Gasteiger partial charge in [0.15, 0.2) is 0 Å². The average molecular weight is 445 g/mol. The van der Waals surface area contributed by atoms with Crippen LogP contribution in [0.5, 0.6) is 0 Å². The van der Waals surface area contributed by atoms with Gasteiger partial charge in [0.05, 0.1) is 13.0 Å². The van der Waals surface area contributed by atoms with Gasteiger partial charge in [-0.2, -0.15) is 0 Å². The Balaban J connectivity index is 2.02. The Morgan fingerprint density at radius 3 is 2.28 bits per heavy atom. The van der Waals surface area contributed by atoms with Gasteiger partial charge in [-0.25, -0.2) is 4.79 Å². The fraction of sp³-hybridized carbons (Fsp3) is 0.619.